The molecule has 6 heteroatoms. The first-order valence-corrected chi connectivity index (χ1v) is 7.41. The van der Waals surface area contributed by atoms with Gasteiger partial charge in [-0.2, -0.15) is 4.98 Å². The predicted octanol–water partition coefficient (Wildman–Crippen LogP) is 3.05. The smallest absolute Gasteiger partial charge is 0.274 e. The maximum absolute atomic E-state index is 6.35. The lowest BCUT2D eigenvalue weighted by Gasteiger charge is -2.17. The number of hydrogen-bond acceptors (Lipinski definition) is 4. The highest BCUT2D eigenvalue weighted by atomic mass is 79.9. The summed E-state index contributed by atoms with van der Waals surface area (Å²) in [5.41, 5.74) is 6.87. The normalized spacial score (nSPS) is 18.1. The molecule has 2 N–H and O–H groups in total. The molecule has 2 heterocycles. The molecule has 102 valence electrons. The quantitative estimate of drug-likeness (QED) is 0.942. The number of aromatic nitrogens is 3. The van der Waals surface area contributed by atoms with Crippen LogP contribution in [0.15, 0.2) is 21.3 Å². The van der Waals surface area contributed by atoms with Crippen molar-refractivity contribution in [2.45, 2.75) is 44.7 Å². The van der Waals surface area contributed by atoms with Gasteiger partial charge in [0.05, 0.1) is 5.54 Å². The van der Waals surface area contributed by atoms with Gasteiger partial charge in [0.25, 0.3) is 5.89 Å². The molecule has 0 bridgehead atoms. The molecule has 1 saturated carbocycles. The fraction of sp³-hybridized carbons (Fsp3) is 0.538. The van der Waals surface area contributed by atoms with E-state index in [0.29, 0.717) is 11.7 Å². The molecule has 2 aromatic heterocycles. The first kappa shape index (κ1) is 12.9. The number of nitrogens with zero attached hydrogens (tertiary/aromatic N) is 3. The van der Waals surface area contributed by atoms with Crippen molar-refractivity contribution in [3.63, 3.8) is 0 Å². The van der Waals surface area contributed by atoms with E-state index in [1.807, 2.05) is 12.3 Å². The first-order chi connectivity index (χ1) is 9.12. The molecule has 0 aromatic carbocycles. The van der Waals surface area contributed by atoms with Crippen LogP contribution in [0, 0.1) is 0 Å². The van der Waals surface area contributed by atoms with Crippen molar-refractivity contribution in [3.05, 3.63) is 22.6 Å². The van der Waals surface area contributed by atoms with E-state index in [-0.39, 0.29) is 0 Å². The summed E-state index contributed by atoms with van der Waals surface area (Å²) in [4.78, 5) is 4.51. The maximum Gasteiger partial charge on any atom is 0.274 e. The van der Waals surface area contributed by atoms with E-state index in [4.69, 9.17) is 10.3 Å². The monoisotopic (exact) mass is 324 g/mol. The highest BCUT2D eigenvalue weighted by Crippen LogP contribution is 2.35. The van der Waals surface area contributed by atoms with E-state index in [2.05, 4.69) is 37.6 Å². The summed E-state index contributed by atoms with van der Waals surface area (Å²) >= 11 is 3.47. The molecule has 0 unspecified atom stereocenters. The minimum absolute atomic E-state index is 0.400. The van der Waals surface area contributed by atoms with Crippen molar-refractivity contribution in [2.75, 3.05) is 0 Å². The topological polar surface area (TPSA) is 69.9 Å². The fourth-order valence-electron chi connectivity index (χ4n) is 2.67. The second kappa shape index (κ2) is 4.76. The summed E-state index contributed by atoms with van der Waals surface area (Å²) in [6.45, 7) is 2.93. The van der Waals surface area contributed by atoms with Crippen LogP contribution >= 0.6 is 15.9 Å². The van der Waals surface area contributed by atoms with Gasteiger partial charge >= 0.3 is 0 Å². The molecule has 2 aromatic rings. The molecule has 0 aliphatic heterocycles. The van der Waals surface area contributed by atoms with Gasteiger partial charge in [-0.05, 0) is 41.8 Å². The Balaban J connectivity index is 1.96. The zero-order valence-electron chi connectivity index (χ0n) is 10.9. The standard InChI is InChI=1S/C13H17BrN4O/c1-2-18-8-9(14)7-10(18)11-16-12(17-19-11)13(15)5-3-4-6-13/h7-8H,2-6,15H2,1H3. The zero-order valence-corrected chi connectivity index (χ0v) is 12.5. The second-order valence-electron chi connectivity index (χ2n) is 5.12. The maximum atomic E-state index is 6.35. The molecule has 5 nitrogen and oxygen atoms in total. The van der Waals surface area contributed by atoms with Crippen LogP contribution in [0.5, 0.6) is 0 Å². The van der Waals surface area contributed by atoms with Gasteiger partial charge in [0.1, 0.15) is 5.69 Å². The van der Waals surface area contributed by atoms with Crippen LogP contribution in [0.3, 0.4) is 0 Å². The fourth-order valence-corrected chi connectivity index (χ4v) is 3.14. The van der Waals surface area contributed by atoms with Crippen LogP contribution in [0.4, 0.5) is 0 Å². The Labute approximate surface area is 120 Å². The van der Waals surface area contributed by atoms with Crippen molar-refractivity contribution in [2.24, 2.45) is 5.73 Å². The lowest BCUT2D eigenvalue weighted by Crippen LogP contribution is -2.34. The molecule has 19 heavy (non-hydrogen) atoms. The van der Waals surface area contributed by atoms with Crippen molar-refractivity contribution >= 4 is 15.9 Å². The molecule has 1 aliphatic rings. The van der Waals surface area contributed by atoms with Crippen LogP contribution in [0.25, 0.3) is 11.6 Å². The number of aryl methyl sites for hydroxylation is 1. The molecule has 0 atom stereocenters. The van der Waals surface area contributed by atoms with E-state index in [9.17, 15) is 0 Å². The molecule has 0 saturated heterocycles. The molecule has 0 amide bonds. The van der Waals surface area contributed by atoms with E-state index < -0.39 is 5.54 Å². The number of halogens is 1. The first-order valence-electron chi connectivity index (χ1n) is 6.61. The number of hydrogen-bond donors (Lipinski definition) is 1. The molecular weight excluding hydrogens is 308 g/mol. The Hall–Kier alpha value is -1.14. The van der Waals surface area contributed by atoms with Crippen LogP contribution in [0.1, 0.15) is 38.4 Å². The van der Waals surface area contributed by atoms with E-state index in [1.165, 1.54) is 0 Å². The van der Waals surface area contributed by atoms with Gasteiger partial charge < -0.3 is 14.8 Å². The highest BCUT2D eigenvalue weighted by molar-refractivity contribution is 9.10. The van der Waals surface area contributed by atoms with Gasteiger partial charge in [-0.25, -0.2) is 0 Å². The summed E-state index contributed by atoms with van der Waals surface area (Å²) in [5, 5.41) is 4.09. The number of nitrogens with two attached hydrogens (primary N) is 1. The van der Waals surface area contributed by atoms with Crippen LogP contribution in [0.2, 0.25) is 0 Å². The average molecular weight is 325 g/mol. The van der Waals surface area contributed by atoms with E-state index >= 15 is 0 Å². The van der Waals surface area contributed by atoms with Gasteiger partial charge in [-0.3, -0.25) is 0 Å². The minimum atomic E-state index is -0.400. The third-order valence-corrected chi connectivity index (χ3v) is 4.22. The van der Waals surface area contributed by atoms with E-state index in [1.54, 1.807) is 0 Å². The summed E-state index contributed by atoms with van der Waals surface area (Å²) in [6, 6.07) is 1.98. The predicted molar refractivity (Wildman–Crippen MR) is 75.4 cm³/mol. The second-order valence-corrected chi connectivity index (χ2v) is 6.03. The lowest BCUT2D eigenvalue weighted by atomic mass is 9.99. The SMILES string of the molecule is CCn1cc(Br)cc1-c1nc(C2(N)CCCC2)no1. The van der Waals surface area contributed by atoms with Crippen molar-refractivity contribution in [1.29, 1.82) is 0 Å². The van der Waals surface area contributed by atoms with Gasteiger partial charge in [-0.15, -0.1) is 0 Å². The van der Waals surface area contributed by atoms with Gasteiger partial charge in [-0.1, -0.05) is 18.0 Å². The van der Waals surface area contributed by atoms with Gasteiger partial charge in [0, 0.05) is 17.2 Å². The Bertz CT molecular complexity index is 583. The molecule has 3 rings (SSSR count). The summed E-state index contributed by atoms with van der Waals surface area (Å²) in [7, 11) is 0. The molecule has 0 radical (unpaired) electrons. The average Bonchev–Trinajstić information content (AvgIpc) is 3.07. The lowest BCUT2D eigenvalue weighted by molar-refractivity contribution is 0.371. The summed E-state index contributed by atoms with van der Waals surface area (Å²) in [6.07, 6.45) is 6.15. The Kier molecular flexibility index (Phi) is 3.22. The zero-order chi connectivity index (χ0) is 13.5. The van der Waals surface area contributed by atoms with Crippen molar-refractivity contribution in [1.82, 2.24) is 14.7 Å². The third kappa shape index (κ3) is 2.23. The number of rotatable bonds is 3. The molecule has 1 fully saturated rings. The Morgan fingerprint density at radius 3 is 2.89 bits per heavy atom. The Morgan fingerprint density at radius 1 is 1.47 bits per heavy atom. The summed E-state index contributed by atoms with van der Waals surface area (Å²) < 4.78 is 8.48. The molecule has 1 aliphatic carbocycles. The van der Waals surface area contributed by atoms with Crippen LogP contribution < -0.4 is 5.73 Å². The largest absolute Gasteiger partial charge is 0.343 e. The summed E-state index contributed by atoms with van der Waals surface area (Å²) in [5.74, 6) is 1.18. The minimum Gasteiger partial charge on any atom is -0.343 e. The van der Waals surface area contributed by atoms with E-state index in [0.717, 1.165) is 42.4 Å². The van der Waals surface area contributed by atoms with Gasteiger partial charge in [0.2, 0.25) is 0 Å². The molecule has 0 spiro atoms. The van der Waals surface area contributed by atoms with Crippen molar-refractivity contribution < 1.29 is 4.52 Å². The van der Waals surface area contributed by atoms with Crippen LogP contribution in [-0.2, 0) is 12.1 Å². The highest BCUT2D eigenvalue weighted by Gasteiger charge is 2.36. The Morgan fingerprint density at radius 2 is 2.21 bits per heavy atom. The molecular formula is C13H17BrN4O. The third-order valence-electron chi connectivity index (χ3n) is 3.79. The van der Waals surface area contributed by atoms with Crippen LogP contribution in [-0.4, -0.2) is 14.7 Å². The van der Waals surface area contributed by atoms with Gasteiger partial charge in [0.15, 0.2) is 5.82 Å². The van der Waals surface area contributed by atoms with Crippen molar-refractivity contribution in [3.8, 4) is 11.6 Å².